The number of carbonyl (C=O) groups excluding carboxylic acids is 3. The largest absolute Gasteiger partial charge is 0.398 e. The maximum absolute atomic E-state index is 13.8. The Balaban J connectivity index is 1.79. The number of aromatic amines is 1. The molecule has 0 aliphatic carbocycles. The number of halogens is 1. The van der Waals surface area contributed by atoms with Crippen LogP contribution in [0.2, 0.25) is 5.02 Å². The lowest BCUT2D eigenvalue weighted by molar-refractivity contribution is -0.142. The van der Waals surface area contributed by atoms with Crippen LogP contribution < -0.4 is 16.4 Å². The fourth-order valence-electron chi connectivity index (χ4n) is 4.15. The predicted octanol–water partition coefficient (Wildman–Crippen LogP) is 0.857. The van der Waals surface area contributed by atoms with E-state index in [4.69, 9.17) is 17.3 Å². The first-order valence-electron chi connectivity index (χ1n) is 12.2. The van der Waals surface area contributed by atoms with Gasteiger partial charge in [-0.05, 0) is 36.5 Å². The molecule has 1 fully saturated rings. The number of nitrogens with two attached hydrogens (primary N) is 1. The minimum Gasteiger partial charge on any atom is -0.398 e. The van der Waals surface area contributed by atoms with E-state index in [9.17, 15) is 22.8 Å². The summed E-state index contributed by atoms with van der Waals surface area (Å²) < 4.78 is 23.3. The summed E-state index contributed by atoms with van der Waals surface area (Å²) in [6, 6.07) is 1.92. The molecular weight excluding hydrogens is 548 g/mol. The number of carbonyl (C=O) groups is 3. The quantitative estimate of drug-likeness (QED) is 0.311. The Morgan fingerprint density at radius 2 is 2.00 bits per heavy atom. The number of likely N-dealkylation sites (tertiary alicyclic amines) is 1. The van der Waals surface area contributed by atoms with Crippen molar-refractivity contribution in [2.75, 3.05) is 18.5 Å². The Morgan fingerprint density at radius 1 is 1.28 bits per heavy atom. The Bertz CT molecular complexity index is 1340. The van der Waals surface area contributed by atoms with E-state index in [1.54, 1.807) is 0 Å². The van der Waals surface area contributed by atoms with Crippen LogP contribution in [0.15, 0.2) is 29.7 Å². The lowest BCUT2D eigenvalue weighted by atomic mass is 9.85. The standard InChI is InChI=1S/C24H33ClN8O5S/c1-24(2,3)20(28-21(34)14-7-8-17(26)16(25)12-14)23(36)33-10-5-6-18(33)22(35)27-15(9-11-39(4,37)38)13-19-29-31-32-30-19/h7-9,11-12,15,18,20H,5-6,10,13,26H2,1-4H3,(H,27,35)(H,28,34)(H,29,30,31,32)/b11-9+/t15-,18-,20+/m1/s1. The van der Waals surface area contributed by atoms with Gasteiger partial charge in [0.1, 0.15) is 12.1 Å². The lowest BCUT2D eigenvalue weighted by Crippen LogP contribution is -2.58. The van der Waals surface area contributed by atoms with Crippen molar-refractivity contribution in [1.82, 2.24) is 36.2 Å². The van der Waals surface area contributed by atoms with Crippen LogP contribution in [0.25, 0.3) is 0 Å². The van der Waals surface area contributed by atoms with Crippen molar-refractivity contribution in [2.24, 2.45) is 5.41 Å². The number of aromatic nitrogens is 4. The first-order chi connectivity index (χ1) is 18.2. The van der Waals surface area contributed by atoms with E-state index in [1.165, 1.54) is 29.2 Å². The molecule has 1 saturated heterocycles. The average Bonchev–Trinajstić information content (AvgIpc) is 3.53. The summed E-state index contributed by atoms with van der Waals surface area (Å²) in [5, 5.41) is 20.3. The number of benzene rings is 1. The highest BCUT2D eigenvalue weighted by Crippen LogP contribution is 2.27. The maximum Gasteiger partial charge on any atom is 0.252 e. The van der Waals surface area contributed by atoms with E-state index in [-0.39, 0.29) is 22.8 Å². The summed E-state index contributed by atoms with van der Waals surface area (Å²) in [7, 11) is -3.46. The van der Waals surface area contributed by atoms with Gasteiger partial charge in [0.05, 0.1) is 16.8 Å². The topological polar surface area (TPSA) is 193 Å². The van der Waals surface area contributed by atoms with Crippen LogP contribution in [0, 0.1) is 5.41 Å². The van der Waals surface area contributed by atoms with Gasteiger partial charge in [-0.3, -0.25) is 14.4 Å². The van der Waals surface area contributed by atoms with Crippen molar-refractivity contribution in [2.45, 2.75) is 58.2 Å². The molecular formula is C24H33ClN8O5S. The Hall–Kier alpha value is -3.52. The highest BCUT2D eigenvalue weighted by molar-refractivity contribution is 7.93. The summed E-state index contributed by atoms with van der Waals surface area (Å²) in [4.78, 5) is 41.6. The van der Waals surface area contributed by atoms with E-state index in [2.05, 4.69) is 31.3 Å². The normalized spacial score (nSPS) is 17.7. The van der Waals surface area contributed by atoms with E-state index in [0.717, 1.165) is 11.7 Å². The Morgan fingerprint density at radius 3 is 2.59 bits per heavy atom. The number of nitrogens with zero attached hydrogens (tertiary/aromatic N) is 4. The number of nitrogen functional groups attached to an aromatic ring is 1. The van der Waals surface area contributed by atoms with Crippen molar-refractivity contribution < 1.29 is 22.8 Å². The average molecular weight is 581 g/mol. The molecule has 13 nitrogen and oxygen atoms in total. The molecule has 1 aliphatic rings. The van der Waals surface area contributed by atoms with Gasteiger partial charge in [0, 0.05) is 30.2 Å². The van der Waals surface area contributed by atoms with Gasteiger partial charge in [-0.15, -0.1) is 10.2 Å². The van der Waals surface area contributed by atoms with Crippen LogP contribution in [-0.2, 0) is 25.8 Å². The molecule has 3 rings (SSSR count). The number of H-pyrrole nitrogens is 1. The van der Waals surface area contributed by atoms with Crippen LogP contribution in [-0.4, -0.2) is 82.6 Å². The second kappa shape index (κ2) is 12.1. The van der Waals surface area contributed by atoms with Crippen LogP contribution in [0.4, 0.5) is 5.69 Å². The van der Waals surface area contributed by atoms with E-state index >= 15 is 0 Å². The zero-order chi connectivity index (χ0) is 29.0. The van der Waals surface area contributed by atoms with Gasteiger partial charge in [0.25, 0.3) is 5.91 Å². The van der Waals surface area contributed by atoms with E-state index in [0.29, 0.717) is 25.1 Å². The third-order valence-corrected chi connectivity index (χ3v) is 7.15. The minimum absolute atomic E-state index is 0.0831. The summed E-state index contributed by atoms with van der Waals surface area (Å²) in [5.41, 5.74) is 5.62. The number of nitrogens with one attached hydrogen (secondary N) is 3. The van der Waals surface area contributed by atoms with Gasteiger partial charge in [-0.1, -0.05) is 43.7 Å². The van der Waals surface area contributed by atoms with E-state index < -0.39 is 51.1 Å². The van der Waals surface area contributed by atoms with Gasteiger partial charge >= 0.3 is 0 Å². The Kier molecular flexibility index (Phi) is 9.33. The second-order valence-electron chi connectivity index (χ2n) is 10.5. The number of sulfone groups is 1. The number of rotatable bonds is 9. The Labute approximate surface area is 231 Å². The van der Waals surface area contributed by atoms with Crippen molar-refractivity contribution in [3.8, 4) is 0 Å². The fourth-order valence-corrected chi connectivity index (χ4v) is 4.81. The predicted molar refractivity (Wildman–Crippen MR) is 145 cm³/mol. The molecule has 3 amide bonds. The smallest absolute Gasteiger partial charge is 0.252 e. The van der Waals surface area contributed by atoms with Crippen molar-refractivity contribution >= 4 is 44.8 Å². The molecule has 1 aliphatic heterocycles. The lowest BCUT2D eigenvalue weighted by Gasteiger charge is -2.35. The number of hydrogen-bond donors (Lipinski definition) is 4. The zero-order valence-corrected chi connectivity index (χ0v) is 23.7. The molecule has 5 N–H and O–H groups in total. The highest BCUT2D eigenvalue weighted by Gasteiger charge is 2.42. The first-order valence-corrected chi connectivity index (χ1v) is 14.6. The zero-order valence-electron chi connectivity index (χ0n) is 22.1. The third kappa shape index (κ3) is 8.23. The first kappa shape index (κ1) is 30.0. The summed E-state index contributed by atoms with van der Waals surface area (Å²) in [6.07, 6.45) is 3.44. The van der Waals surface area contributed by atoms with Gasteiger partial charge < -0.3 is 21.3 Å². The monoisotopic (exact) mass is 580 g/mol. The molecule has 0 bridgehead atoms. The van der Waals surface area contributed by atoms with Crippen LogP contribution in [0.3, 0.4) is 0 Å². The molecule has 0 saturated carbocycles. The molecule has 1 aromatic carbocycles. The molecule has 3 atom stereocenters. The molecule has 1 aromatic heterocycles. The molecule has 2 aromatic rings. The molecule has 15 heteroatoms. The summed E-state index contributed by atoms with van der Waals surface area (Å²) >= 11 is 6.06. The molecule has 2 heterocycles. The van der Waals surface area contributed by atoms with Crippen molar-refractivity contribution in [3.63, 3.8) is 0 Å². The third-order valence-electron chi connectivity index (χ3n) is 6.17. The molecule has 0 unspecified atom stereocenters. The maximum atomic E-state index is 13.8. The van der Waals surface area contributed by atoms with Gasteiger partial charge in [-0.25, -0.2) is 8.42 Å². The second-order valence-corrected chi connectivity index (χ2v) is 12.8. The van der Waals surface area contributed by atoms with Crippen molar-refractivity contribution in [3.05, 3.63) is 46.1 Å². The molecule has 39 heavy (non-hydrogen) atoms. The minimum atomic E-state index is -3.46. The van der Waals surface area contributed by atoms with Crippen LogP contribution in [0.5, 0.6) is 0 Å². The number of amides is 3. The van der Waals surface area contributed by atoms with Gasteiger partial charge in [-0.2, -0.15) is 5.21 Å². The van der Waals surface area contributed by atoms with Gasteiger partial charge in [0.15, 0.2) is 15.7 Å². The molecule has 0 radical (unpaired) electrons. The van der Waals surface area contributed by atoms with Crippen LogP contribution in [0.1, 0.15) is 49.8 Å². The SMILES string of the molecule is CC(C)(C)[C@@H](NC(=O)c1ccc(N)c(Cl)c1)C(=O)N1CCC[C@@H]1C(=O)N[C@H](/C=C/S(C)(=O)=O)Cc1nn[nH]n1. The number of anilines is 1. The highest BCUT2D eigenvalue weighted by atomic mass is 35.5. The van der Waals surface area contributed by atoms with Gasteiger partial charge in [0.2, 0.25) is 11.8 Å². The molecule has 0 spiro atoms. The van der Waals surface area contributed by atoms with Crippen LogP contribution >= 0.6 is 11.6 Å². The molecule has 212 valence electrons. The summed E-state index contributed by atoms with van der Waals surface area (Å²) in [6.45, 7) is 5.76. The summed E-state index contributed by atoms with van der Waals surface area (Å²) in [5.74, 6) is -1.10. The van der Waals surface area contributed by atoms with Crippen molar-refractivity contribution in [1.29, 1.82) is 0 Å². The number of tetrazole rings is 1. The fraction of sp³-hybridized carbons (Fsp3) is 0.500. The number of hydrogen-bond acceptors (Lipinski definition) is 9. The van der Waals surface area contributed by atoms with E-state index in [1.807, 2.05) is 20.8 Å².